The van der Waals surface area contributed by atoms with Gasteiger partial charge in [-0.15, -0.1) is 0 Å². The van der Waals surface area contributed by atoms with Gasteiger partial charge in [-0.05, 0) is 17.2 Å². The third-order valence-electron chi connectivity index (χ3n) is 3.96. The van der Waals surface area contributed by atoms with Crippen LogP contribution < -0.4 is 15.4 Å². The van der Waals surface area contributed by atoms with Gasteiger partial charge in [-0.1, -0.05) is 60.7 Å². The zero-order chi connectivity index (χ0) is 19.1. The Labute approximate surface area is 157 Å². The zero-order valence-corrected chi connectivity index (χ0v) is 14.6. The van der Waals surface area contributed by atoms with Crippen molar-refractivity contribution in [2.75, 3.05) is 0 Å². The van der Waals surface area contributed by atoms with Crippen molar-refractivity contribution in [1.82, 2.24) is 10.6 Å². The molecule has 136 valence electrons. The Morgan fingerprint density at radius 1 is 0.741 bits per heavy atom. The minimum atomic E-state index is -0.416. The second-order valence-electron chi connectivity index (χ2n) is 6.01. The molecule has 0 aliphatic rings. The Hall–Kier alpha value is -3.67. The van der Waals surface area contributed by atoms with Crippen LogP contribution in [-0.4, -0.2) is 11.8 Å². The fourth-order valence-corrected chi connectivity index (χ4v) is 2.56. The Kier molecular flexibility index (Phi) is 5.79. The van der Waals surface area contributed by atoms with E-state index in [0.29, 0.717) is 17.8 Å². The monoisotopic (exact) mass is 361 g/mol. The minimum Gasteiger partial charge on any atom is -0.619 e. The number of hydrogen-bond donors (Lipinski definition) is 2. The predicted molar refractivity (Wildman–Crippen MR) is 101 cm³/mol. The molecule has 0 saturated carbocycles. The summed E-state index contributed by atoms with van der Waals surface area (Å²) in [7, 11) is 0. The maximum Gasteiger partial charge on any atom is 0.257 e. The molecule has 0 bridgehead atoms. The Balaban J connectivity index is 1.66. The number of rotatable bonds is 6. The first kappa shape index (κ1) is 18.1. The van der Waals surface area contributed by atoms with Gasteiger partial charge in [-0.3, -0.25) is 9.59 Å². The van der Waals surface area contributed by atoms with E-state index in [4.69, 9.17) is 0 Å². The first-order chi connectivity index (χ1) is 13.1. The molecular formula is C21H19N3O3. The van der Waals surface area contributed by atoms with Gasteiger partial charge in [0.05, 0.1) is 0 Å². The molecule has 0 aliphatic carbocycles. The van der Waals surface area contributed by atoms with Crippen molar-refractivity contribution in [3.8, 4) is 0 Å². The molecule has 0 spiro atoms. The number of pyridine rings is 1. The highest BCUT2D eigenvalue weighted by Gasteiger charge is 2.16. The van der Waals surface area contributed by atoms with Crippen LogP contribution in [0.5, 0.6) is 0 Å². The standard InChI is InChI=1S/C21H19N3O3/c25-20(22-12-16-7-3-1-4-8-16)18-11-19(15-24(27)14-18)21(26)23-13-17-9-5-2-6-10-17/h1-11,14-15H,12-13H2,(H,22,25)(H,23,26). The smallest absolute Gasteiger partial charge is 0.257 e. The number of carbonyl (C=O) groups is 2. The normalized spacial score (nSPS) is 10.2. The summed E-state index contributed by atoms with van der Waals surface area (Å²) in [4.78, 5) is 24.7. The number of amides is 2. The van der Waals surface area contributed by atoms with Gasteiger partial charge in [0.25, 0.3) is 11.8 Å². The molecule has 6 nitrogen and oxygen atoms in total. The summed E-state index contributed by atoms with van der Waals surface area (Å²) >= 11 is 0. The van der Waals surface area contributed by atoms with Crippen molar-refractivity contribution in [3.63, 3.8) is 0 Å². The molecular weight excluding hydrogens is 342 g/mol. The second-order valence-corrected chi connectivity index (χ2v) is 6.01. The summed E-state index contributed by atoms with van der Waals surface area (Å²) in [5.74, 6) is -0.831. The lowest BCUT2D eigenvalue weighted by Crippen LogP contribution is -2.33. The van der Waals surface area contributed by atoms with Gasteiger partial charge >= 0.3 is 0 Å². The van der Waals surface area contributed by atoms with Crippen LogP contribution in [0.3, 0.4) is 0 Å². The number of nitrogens with zero attached hydrogens (tertiary/aromatic N) is 1. The molecule has 0 saturated heterocycles. The molecule has 0 aliphatic heterocycles. The topological polar surface area (TPSA) is 85.1 Å². The molecule has 2 amide bonds. The molecule has 27 heavy (non-hydrogen) atoms. The number of hydrogen-bond acceptors (Lipinski definition) is 3. The van der Waals surface area contributed by atoms with Crippen LogP contribution in [0.15, 0.2) is 79.1 Å². The first-order valence-corrected chi connectivity index (χ1v) is 8.50. The molecule has 3 aromatic rings. The fraction of sp³-hybridized carbons (Fsp3) is 0.0952. The second kappa shape index (κ2) is 8.62. The van der Waals surface area contributed by atoms with Crippen LogP contribution in [-0.2, 0) is 13.1 Å². The van der Waals surface area contributed by atoms with Gasteiger partial charge in [-0.25, -0.2) is 0 Å². The summed E-state index contributed by atoms with van der Waals surface area (Å²) in [6.07, 6.45) is 2.29. The summed E-state index contributed by atoms with van der Waals surface area (Å²) in [5.41, 5.74) is 2.15. The van der Waals surface area contributed by atoms with Gasteiger partial charge < -0.3 is 15.8 Å². The van der Waals surface area contributed by atoms with Crippen LogP contribution in [0.2, 0.25) is 0 Å². The minimum absolute atomic E-state index is 0.133. The Morgan fingerprint density at radius 3 is 1.56 bits per heavy atom. The van der Waals surface area contributed by atoms with E-state index >= 15 is 0 Å². The Bertz CT molecular complexity index is 854. The van der Waals surface area contributed by atoms with Crippen LogP contribution in [0.1, 0.15) is 31.8 Å². The van der Waals surface area contributed by atoms with Crippen molar-refractivity contribution >= 4 is 11.8 Å². The lowest BCUT2D eigenvalue weighted by atomic mass is 10.1. The molecule has 0 fully saturated rings. The highest BCUT2D eigenvalue weighted by atomic mass is 16.5. The third kappa shape index (κ3) is 5.15. The van der Waals surface area contributed by atoms with E-state index in [1.54, 1.807) is 0 Å². The molecule has 1 heterocycles. The highest BCUT2D eigenvalue weighted by molar-refractivity contribution is 5.98. The first-order valence-electron chi connectivity index (χ1n) is 8.50. The molecule has 0 atom stereocenters. The molecule has 0 radical (unpaired) electrons. The third-order valence-corrected chi connectivity index (χ3v) is 3.96. The maximum atomic E-state index is 12.3. The van der Waals surface area contributed by atoms with Gasteiger partial charge in [0, 0.05) is 13.1 Å². The largest absolute Gasteiger partial charge is 0.619 e. The van der Waals surface area contributed by atoms with E-state index in [1.165, 1.54) is 6.07 Å². The average Bonchev–Trinajstić information content (AvgIpc) is 2.71. The SMILES string of the molecule is O=C(NCc1ccccc1)c1cc(C(=O)NCc2ccccc2)c[n+]([O-])c1. The molecule has 2 N–H and O–H groups in total. The molecule has 0 unspecified atom stereocenters. The zero-order valence-electron chi connectivity index (χ0n) is 14.6. The lowest BCUT2D eigenvalue weighted by molar-refractivity contribution is -0.605. The summed E-state index contributed by atoms with van der Waals surface area (Å²) in [6.45, 7) is 0.673. The summed E-state index contributed by atoms with van der Waals surface area (Å²) in [6, 6.07) is 20.3. The van der Waals surface area contributed by atoms with Crippen molar-refractivity contribution < 1.29 is 14.3 Å². The van der Waals surface area contributed by atoms with E-state index < -0.39 is 11.8 Å². The predicted octanol–water partition coefficient (Wildman–Crippen LogP) is 2.18. The summed E-state index contributed by atoms with van der Waals surface area (Å²) < 4.78 is 0.467. The number of aromatic nitrogens is 1. The number of carbonyl (C=O) groups excluding carboxylic acids is 2. The average molecular weight is 361 g/mol. The van der Waals surface area contributed by atoms with Crippen LogP contribution in [0.4, 0.5) is 0 Å². The van der Waals surface area contributed by atoms with E-state index in [2.05, 4.69) is 10.6 Å². The van der Waals surface area contributed by atoms with Gasteiger partial charge in [0.2, 0.25) is 0 Å². The van der Waals surface area contributed by atoms with E-state index in [-0.39, 0.29) is 11.1 Å². The summed E-state index contributed by atoms with van der Waals surface area (Å²) in [5, 5.41) is 17.3. The van der Waals surface area contributed by atoms with Crippen molar-refractivity contribution in [2.24, 2.45) is 0 Å². The van der Waals surface area contributed by atoms with Crippen LogP contribution in [0.25, 0.3) is 0 Å². The van der Waals surface area contributed by atoms with Crippen LogP contribution in [0, 0.1) is 5.21 Å². The lowest BCUT2D eigenvalue weighted by Gasteiger charge is -2.08. The molecule has 2 aromatic carbocycles. The highest BCUT2D eigenvalue weighted by Crippen LogP contribution is 2.05. The van der Waals surface area contributed by atoms with Gasteiger partial charge in [0.1, 0.15) is 11.1 Å². The van der Waals surface area contributed by atoms with E-state index in [0.717, 1.165) is 23.5 Å². The van der Waals surface area contributed by atoms with Crippen molar-refractivity contribution in [2.45, 2.75) is 13.1 Å². The quantitative estimate of drug-likeness (QED) is 0.521. The van der Waals surface area contributed by atoms with E-state index in [1.807, 2.05) is 60.7 Å². The molecule has 1 aromatic heterocycles. The van der Waals surface area contributed by atoms with Crippen molar-refractivity contribution in [1.29, 1.82) is 0 Å². The van der Waals surface area contributed by atoms with Crippen LogP contribution >= 0.6 is 0 Å². The Morgan fingerprint density at radius 2 is 1.15 bits per heavy atom. The number of benzene rings is 2. The van der Waals surface area contributed by atoms with Gasteiger partial charge in [0.15, 0.2) is 12.4 Å². The fourth-order valence-electron chi connectivity index (χ4n) is 2.56. The molecule has 3 rings (SSSR count). The maximum absolute atomic E-state index is 12.3. The number of nitrogens with one attached hydrogen (secondary N) is 2. The van der Waals surface area contributed by atoms with Gasteiger partial charge in [-0.2, -0.15) is 4.73 Å². The van der Waals surface area contributed by atoms with E-state index in [9.17, 15) is 14.8 Å². The molecule has 6 heteroatoms. The van der Waals surface area contributed by atoms with Crippen molar-refractivity contribution in [3.05, 3.63) is 107 Å².